The molecule has 2 rings (SSSR count). The van der Waals surface area contributed by atoms with Gasteiger partial charge in [0.2, 0.25) is 5.96 Å². The van der Waals surface area contributed by atoms with Gasteiger partial charge in [0.05, 0.1) is 10.0 Å². The molecule has 0 fully saturated rings. The van der Waals surface area contributed by atoms with Crippen LogP contribution in [0.5, 0.6) is 11.5 Å². The highest BCUT2D eigenvalue weighted by atomic mass is 35.5. The number of amides is 1. The van der Waals surface area contributed by atoms with Crippen molar-refractivity contribution in [3.63, 3.8) is 0 Å². The van der Waals surface area contributed by atoms with Gasteiger partial charge in [-0.1, -0.05) is 35.3 Å². The van der Waals surface area contributed by atoms with Crippen molar-refractivity contribution in [3.8, 4) is 11.5 Å². The normalized spacial score (nSPS) is 11.9. The summed E-state index contributed by atoms with van der Waals surface area (Å²) < 4.78 is 0. The summed E-state index contributed by atoms with van der Waals surface area (Å²) in [6.45, 7) is 0. The zero-order valence-corrected chi connectivity index (χ0v) is 15.4. The lowest BCUT2D eigenvalue weighted by molar-refractivity contribution is -0.122. The van der Waals surface area contributed by atoms with Crippen molar-refractivity contribution >= 4 is 41.3 Å². The number of carbonyl (C=O) groups is 1. The Morgan fingerprint density at radius 3 is 2.41 bits per heavy atom. The van der Waals surface area contributed by atoms with Crippen LogP contribution in [0.15, 0.2) is 46.5 Å². The Bertz CT molecular complexity index is 878. The largest absolute Gasteiger partial charge is 0.504 e. The number of hydrogen-bond donors (Lipinski definition) is 5. The molecule has 0 aliphatic heterocycles. The fraction of sp³-hybridized carbons (Fsp3) is 0.118. The molecule has 2 aromatic rings. The second kappa shape index (κ2) is 9.11. The second-order valence-corrected chi connectivity index (χ2v) is 6.28. The zero-order valence-electron chi connectivity index (χ0n) is 13.9. The number of guanidine groups is 1. The highest BCUT2D eigenvalue weighted by Crippen LogP contribution is 2.26. The van der Waals surface area contributed by atoms with Crippen LogP contribution in [-0.2, 0) is 11.2 Å². The second-order valence-electron chi connectivity index (χ2n) is 5.47. The molecule has 0 heterocycles. The molecule has 2 aromatic carbocycles. The summed E-state index contributed by atoms with van der Waals surface area (Å²) in [5.41, 5.74) is 13.6. The molecule has 1 atom stereocenters. The summed E-state index contributed by atoms with van der Waals surface area (Å²) in [6.07, 6.45) is 1.48. The van der Waals surface area contributed by atoms with Crippen molar-refractivity contribution in [3.05, 3.63) is 57.6 Å². The van der Waals surface area contributed by atoms with Crippen LogP contribution in [0.3, 0.4) is 0 Å². The lowest BCUT2D eigenvalue weighted by atomic mass is 10.1. The number of nitrogens with zero attached hydrogens (tertiary/aromatic N) is 2. The van der Waals surface area contributed by atoms with Gasteiger partial charge in [-0.15, -0.1) is 5.10 Å². The van der Waals surface area contributed by atoms with Crippen molar-refractivity contribution in [2.24, 2.45) is 21.6 Å². The minimum Gasteiger partial charge on any atom is -0.504 e. The molecule has 1 amide bonds. The summed E-state index contributed by atoms with van der Waals surface area (Å²) >= 11 is 12.2. The number of halogens is 2. The van der Waals surface area contributed by atoms with Gasteiger partial charge in [-0.2, -0.15) is 0 Å². The van der Waals surface area contributed by atoms with Gasteiger partial charge in [-0.3, -0.25) is 9.79 Å². The SMILES string of the molecule is NC(N)=NNC(=O)C(Cc1ccc(O)c(O)c1)N=Cc1c(Cl)cccc1Cl. The van der Waals surface area contributed by atoms with E-state index in [1.807, 2.05) is 0 Å². The molecule has 10 heteroatoms. The molecule has 0 aliphatic carbocycles. The average Bonchev–Trinajstić information content (AvgIpc) is 2.61. The lowest BCUT2D eigenvalue weighted by Crippen LogP contribution is -2.35. The topological polar surface area (TPSA) is 146 Å². The van der Waals surface area contributed by atoms with Crippen LogP contribution < -0.4 is 16.9 Å². The Kier molecular flexibility index (Phi) is 6.86. The Balaban J connectivity index is 2.31. The van der Waals surface area contributed by atoms with Crippen LogP contribution in [0, 0.1) is 0 Å². The van der Waals surface area contributed by atoms with Gasteiger partial charge < -0.3 is 21.7 Å². The number of hydrogen-bond acceptors (Lipinski definition) is 5. The quantitative estimate of drug-likeness (QED) is 0.213. The van der Waals surface area contributed by atoms with Crippen LogP contribution in [0.25, 0.3) is 0 Å². The number of hydrazone groups is 1. The molecule has 0 aliphatic rings. The number of phenolic OH excluding ortho intramolecular Hbond substituents is 2. The predicted molar refractivity (Wildman–Crippen MR) is 105 cm³/mol. The Morgan fingerprint density at radius 2 is 1.81 bits per heavy atom. The standard InChI is InChI=1S/C17H17Cl2N5O3/c18-11-2-1-3-12(19)10(11)8-22-13(16(27)23-24-17(20)21)6-9-4-5-14(25)15(26)7-9/h1-5,7-8,13,25-26H,6H2,(H,23,27)(H4,20,21,24). The average molecular weight is 410 g/mol. The number of benzene rings is 2. The van der Waals surface area contributed by atoms with Crippen molar-refractivity contribution < 1.29 is 15.0 Å². The van der Waals surface area contributed by atoms with Gasteiger partial charge in [0.25, 0.3) is 5.91 Å². The van der Waals surface area contributed by atoms with E-state index in [0.717, 1.165) is 0 Å². The van der Waals surface area contributed by atoms with Gasteiger partial charge in [0.15, 0.2) is 11.5 Å². The zero-order chi connectivity index (χ0) is 20.0. The smallest absolute Gasteiger partial charge is 0.265 e. The summed E-state index contributed by atoms with van der Waals surface area (Å²) in [5.74, 6) is -1.49. The molecule has 7 N–H and O–H groups in total. The molecular formula is C17H17Cl2N5O3. The number of rotatable bonds is 6. The third kappa shape index (κ3) is 5.77. The van der Waals surface area contributed by atoms with Crippen LogP contribution in [0.4, 0.5) is 0 Å². The van der Waals surface area contributed by atoms with E-state index >= 15 is 0 Å². The van der Waals surface area contributed by atoms with Gasteiger partial charge in [-0.25, -0.2) is 5.43 Å². The lowest BCUT2D eigenvalue weighted by Gasteiger charge is -2.12. The van der Waals surface area contributed by atoms with Crippen molar-refractivity contribution in [1.29, 1.82) is 0 Å². The summed E-state index contributed by atoms with van der Waals surface area (Å²) in [7, 11) is 0. The van der Waals surface area contributed by atoms with Crippen LogP contribution in [0.1, 0.15) is 11.1 Å². The van der Waals surface area contributed by atoms with E-state index in [2.05, 4.69) is 15.5 Å². The number of phenols is 2. The first kappa shape index (κ1) is 20.3. The van der Waals surface area contributed by atoms with Crippen LogP contribution >= 0.6 is 23.2 Å². The third-order valence-electron chi connectivity index (χ3n) is 3.45. The molecule has 27 heavy (non-hydrogen) atoms. The number of aromatic hydroxyl groups is 2. The Labute approximate surface area is 165 Å². The molecule has 0 saturated carbocycles. The van der Waals surface area contributed by atoms with Gasteiger partial charge in [0.1, 0.15) is 6.04 Å². The maximum Gasteiger partial charge on any atom is 0.265 e. The first-order valence-electron chi connectivity index (χ1n) is 7.64. The Hall–Kier alpha value is -2.97. The van der Waals surface area contributed by atoms with Crippen molar-refractivity contribution in [2.75, 3.05) is 0 Å². The molecule has 0 saturated heterocycles. The first-order chi connectivity index (χ1) is 12.8. The fourth-order valence-electron chi connectivity index (χ4n) is 2.13. The monoisotopic (exact) mass is 409 g/mol. The molecular weight excluding hydrogens is 393 g/mol. The minimum absolute atomic E-state index is 0.0955. The first-order valence-corrected chi connectivity index (χ1v) is 8.40. The maximum absolute atomic E-state index is 12.4. The maximum atomic E-state index is 12.4. The number of nitrogens with one attached hydrogen (secondary N) is 1. The molecule has 8 nitrogen and oxygen atoms in total. The van der Waals surface area contributed by atoms with Gasteiger partial charge in [0, 0.05) is 18.2 Å². The van der Waals surface area contributed by atoms with Crippen LogP contribution in [0.2, 0.25) is 10.0 Å². The minimum atomic E-state index is -0.954. The summed E-state index contributed by atoms with van der Waals surface area (Å²) in [5, 5.41) is 23.3. The molecule has 1 unspecified atom stereocenters. The van der Waals surface area contributed by atoms with Gasteiger partial charge >= 0.3 is 0 Å². The predicted octanol–water partition coefficient (Wildman–Crippen LogP) is 1.74. The molecule has 0 aromatic heterocycles. The van der Waals surface area contributed by atoms with Crippen molar-refractivity contribution in [2.45, 2.75) is 12.5 Å². The number of carbonyl (C=O) groups excluding carboxylic acids is 1. The van der Waals surface area contributed by atoms with E-state index < -0.39 is 11.9 Å². The van der Waals surface area contributed by atoms with E-state index in [-0.39, 0.29) is 23.9 Å². The molecule has 0 spiro atoms. The van der Waals surface area contributed by atoms with E-state index in [0.29, 0.717) is 21.2 Å². The molecule has 0 radical (unpaired) electrons. The van der Waals surface area contributed by atoms with E-state index in [1.165, 1.54) is 18.3 Å². The summed E-state index contributed by atoms with van der Waals surface area (Å²) in [4.78, 5) is 16.6. The Morgan fingerprint density at radius 1 is 1.15 bits per heavy atom. The van der Waals surface area contributed by atoms with E-state index in [4.69, 9.17) is 34.7 Å². The highest BCUT2D eigenvalue weighted by molar-refractivity contribution is 6.38. The number of nitrogens with two attached hydrogens (primary N) is 2. The third-order valence-corrected chi connectivity index (χ3v) is 4.11. The van der Waals surface area contributed by atoms with Crippen LogP contribution in [-0.4, -0.2) is 34.3 Å². The fourth-order valence-corrected chi connectivity index (χ4v) is 2.62. The van der Waals surface area contributed by atoms with Gasteiger partial charge in [-0.05, 0) is 29.8 Å². The summed E-state index contributed by atoms with van der Waals surface area (Å²) in [6, 6.07) is 8.20. The molecule has 0 bridgehead atoms. The van der Waals surface area contributed by atoms with E-state index in [1.54, 1.807) is 24.3 Å². The number of aliphatic imine (C=N–C) groups is 1. The van der Waals surface area contributed by atoms with Crippen molar-refractivity contribution in [1.82, 2.24) is 5.43 Å². The molecule has 142 valence electrons. The van der Waals surface area contributed by atoms with E-state index in [9.17, 15) is 15.0 Å². The highest BCUT2D eigenvalue weighted by Gasteiger charge is 2.18.